The van der Waals surface area contributed by atoms with Crippen molar-refractivity contribution in [3.05, 3.63) is 36.0 Å². The van der Waals surface area contributed by atoms with Crippen molar-refractivity contribution in [2.24, 2.45) is 0 Å². The second-order valence-electron chi connectivity index (χ2n) is 4.30. The molecule has 2 rings (SSSR count). The summed E-state index contributed by atoms with van der Waals surface area (Å²) in [5.74, 6) is 0.650. The van der Waals surface area contributed by atoms with E-state index in [0.717, 1.165) is 18.6 Å². The van der Waals surface area contributed by atoms with Gasteiger partial charge in [-0.1, -0.05) is 13.0 Å². The van der Waals surface area contributed by atoms with Crippen LogP contribution in [0.5, 0.6) is 0 Å². The molecule has 21 heavy (non-hydrogen) atoms. The number of halogens is 3. The van der Waals surface area contributed by atoms with Gasteiger partial charge in [-0.05, 0) is 24.6 Å². The van der Waals surface area contributed by atoms with Gasteiger partial charge in [-0.3, -0.25) is 0 Å². The average Bonchev–Trinajstić information content (AvgIpc) is 2.45. The van der Waals surface area contributed by atoms with Crippen LogP contribution in [-0.2, 0) is 6.18 Å². The Kier molecular flexibility index (Phi) is 4.56. The topological polar surface area (TPSA) is 62.7 Å². The lowest BCUT2D eigenvalue weighted by Crippen LogP contribution is -2.08. The number of nitrogens with zero attached hydrogens (tertiary/aromatic N) is 3. The smallest absolute Gasteiger partial charge is 0.353 e. The summed E-state index contributed by atoms with van der Waals surface area (Å²) in [5, 5.41) is 13.3. The summed E-state index contributed by atoms with van der Waals surface area (Å²) in [6.45, 7) is 2.68. The molecule has 0 aliphatic rings. The van der Waals surface area contributed by atoms with Gasteiger partial charge >= 0.3 is 6.18 Å². The fourth-order valence-electron chi connectivity index (χ4n) is 1.60. The van der Waals surface area contributed by atoms with E-state index in [1.807, 2.05) is 6.92 Å². The molecule has 2 N–H and O–H groups in total. The molecule has 1 heterocycles. The highest BCUT2D eigenvalue weighted by Gasteiger charge is 2.30. The maximum absolute atomic E-state index is 12.6. The molecule has 0 unspecified atom stereocenters. The monoisotopic (exact) mass is 297 g/mol. The van der Waals surface area contributed by atoms with Crippen molar-refractivity contribution >= 4 is 17.5 Å². The van der Waals surface area contributed by atoms with E-state index < -0.39 is 11.7 Å². The molecule has 0 saturated carbocycles. The summed E-state index contributed by atoms with van der Waals surface area (Å²) in [7, 11) is 0. The van der Waals surface area contributed by atoms with E-state index in [9.17, 15) is 13.2 Å². The molecule has 0 spiro atoms. The van der Waals surface area contributed by atoms with Gasteiger partial charge in [0.15, 0.2) is 5.82 Å². The Balaban J connectivity index is 2.14. The van der Waals surface area contributed by atoms with Crippen LogP contribution < -0.4 is 10.6 Å². The minimum Gasteiger partial charge on any atom is -0.353 e. The van der Waals surface area contributed by atoms with Crippen molar-refractivity contribution in [1.82, 2.24) is 15.2 Å². The van der Waals surface area contributed by atoms with Gasteiger partial charge < -0.3 is 10.6 Å². The molecule has 1 aromatic heterocycles. The summed E-state index contributed by atoms with van der Waals surface area (Å²) < 4.78 is 37.9. The number of alkyl halides is 3. The summed E-state index contributed by atoms with van der Waals surface area (Å²) >= 11 is 0. The molecular formula is C13H14F3N5. The third kappa shape index (κ3) is 4.30. The van der Waals surface area contributed by atoms with Crippen molar-refractivity contribution in [1.29, 1.82) is 0 Å². The van der Waals surface area contributed by atoms with E-state index in [1.165, 1.54) is 18.3 Å². The number of anilines is 3. The van der Waals surface area contributed by atoms with E-state index in [4.69, 9.17) is 0 Å². The summed E-state index contributed by atoms with van der Waals surface area (Å²) in [4.78, 5) is 4.12. The first-order chi connectivity index (χ1) is 9.99. The Labute approximate surface area is 119 Å². The van der Waals surface area contributed by atoms with E-state index in [0.29, 0.717) is 18.3 Å². The Morgan fingerprint density at radius 2 is 2.05 bits per heavy atom. The predicted molar refractivity (Wildman–Crippen MR) is 73.3 cm³/mol. The largest absolute Gasteiger partial charge is 0.416 e. The van der Waals surface area contributed by atoms with Crippen molar-refractivity contribution in [3.8, 4) is 0 Å². The fraction of sp³-hybridized carbons (Fsp3) is 0.308. The minimum atomic E-state index is -4.38. The number of rotatable bonds is 5. The first kappa shape index (κ1) is 15.0. The molecule has 0 atom stereocenters. The first-order valence-corrected chi connectivity index (χ1v) is 6.37. The molecule has 0 aliphatic heterocycles. The minimum absolute atomic E-state index is 0.284. The number of nitrogens with one attached hydrogen (secondary N) is 2. The van der Waals surface area contributed by atoms with Gasteiger partial charge in [0.05, 0.1) is 11.8 Å². The van der Waals surface area contributed by atoms with Crippen LogP contribution in [0.2, 0.25) is 0 Å². The van der Waals surface area contributed by atoms with E-state index in [-0.39, 0.29) is 5.69 Å². The highest BCUT2D eigenvalue weighted by Crippen LogP contribution is 2.31. The van der Waals surface area contributed by atoms with Gasteiger partial charge in [0, 0.05) is 12.2 Å². The van der Waals surface area contributed by atoms with Crippen LogP contribution in [0.4, 0.5) is 30.6 Å². The van der Waals surface area contributed by atoms with Crippen molar-refractivity contribution in [3.63, 3.8) is 0 Å². The SMILES string of the molecule is CCCNc1nncc(Nc2cccc(C(F)(F)F)c2)n1. The zero-order valence-corrected chi connectivity index (χ0v) is 11.3. The summed E-state index contributed by atoms with van der Waals surface area (Å²) in [6, 6.07) is 4.88. The normalized spacial score (nSPS) is 11.2. The second kappa shape index (κ2) is 6.38. The first-order valence-electron chi connectivity index (χ1n) is 6.37. The molecule has 112 valence electrons. The standard InChI is InChI=1S/C13H14F3N5/c1-2-6-17-12-20-11(8-18-21-12)19-10-5-3-4-9(7-10)13(14,15)16/h3-5,7-8H,2,6H2,1H3,(H2,17,19,20,21). The lowest BCUT2D eigenvalue weighted by atomic mass is 10.2. The third-order valence-corrected chi connectivity index (χ3v) is 2.55. The number of aromatic nitrogens is 3. The number of hydrogen-bond acceptors (Lipinski definition) is 5. The Morgan fingerprint density at radius 1 is 1.24 bits per heavy atom. The lowest BCUT2D eigenvalue weighted by molar-refractivity contribution is -0.137. The number of hydrogen-bond donors (Lipinski definition) is 2. The molecule has 0 radical (unpaired) electrons. The van der Waals surface area contributed by atoms with Gasteiger partial charge in [-0.25, -0.2) is 0 Å². The van der Waals surface area contributed by atoms with Crippen LogP contribution in [0.15, 0.2) is 30.5 Å². The molecule has 2 aromatic rings. The van der Waals surface area contributed by atoms with Crippen LogP contribution in [0, 0.1) is 0 Å². The second-order valence-corrected chi connectivity index (χ2v) is 4.30. The molecule has 0 amide bonds. The molecule has 0 saturated heterocycles. The lowest BCUT2D eigenvalue weighted by Gasteiger charge is -2.10. The quantitative estimate of drug-likeness (QED) is 0.885. The van der Waals surface area contributed by atoms with Gasteiger partial charge in [0.25, 0.3) is 0 Å². The maximum atomic E-state index is 12.6. The summed E-state index contributed by atoms with van der Waals surface area (Å²) in [5.41, 5.74) is -0.439. The van der Waals surface area contributed by atoms with Crippen LogP contribution >= 0.6 is 0 Å². The van der Waals surface area contributed by atoms with Crippen LogP contribution in [0.1, 0.15) is 18.9 Å². The van der Waals surface area contributed by atoms with Crippen molar-refractivity contribution in [2.45, 2.75) is 19.5 Å². The maximum Gasteiger partial charge on any atom is 0.416 e. The van der Waals surface area contributed by atoms with Crippen LogP contribution in [0.3, 0.4) is 0 Å². The van der Waals surface area contributed by atoms with Crippen molar-refractivity contribution in [2.75, 3.05) is 17.2 Å². The molecule has 8 heteroatoms. The summed E-state index contributed by atoms with van der Waals surface area (Å²) in [6.07, 6.45) is -2.14. The van der Waals surface area contributed by atoms with Gasteiger partial charge in [-0.2, -0.15) is 23.3 Å². The molecular weight excluding hydrogens is 283 g/mol. The highest BCUT2D eigenvalue weighted by atomic mass is 19.4. The van der Waals surface area contributed by atoms with Gasteiger partial charge in [-0.15, -0.1) is 5.10 Å². The average molecular weight is 297 g/mol. The van der Waals surface area contributed by atoms with E-state index in [1.54, 1.807) is 0 Å². The number of benzene rings is 1. The van der Waals surface area contributed by atoms with Crippen LogP contribution in [0.25, 0.3) is 0 Å². The van der Waals surface area contributed by atoms with Crippen molar-refractivity contribution < 1.29 is 13.2 Å². The Morgan fingerprint density at radius 3 is 2.76 bits per heavy atom. The van der Waals surface area contributed by atoms with E-state index in [2.05, 4.69) is 25.8 Å². The Bertz CT molecular complexity index is 600. The highest BCUT2D eigenvalue weighted by molar-refractivity contribution is 5.57. The predicted octanol–water partition coefficient (Wildman–Crippen LogP) is 3.46. The fourth-order valence-corrected chi connectivity index (χ4v) is 1.60. The van der Waals surface area contributed by atoms with Gasteiger partial charge in [0.2, 0.25) is 5.95 Å². The zero-order valence-electron chi connectivity index (χ0n) is 11.3. The van der Waals surface area contributed by atoms with Gasteiger partial charge in [0.1, 0.15) is 0 Å². The molecule has 5 nitrogen and oxygen atoms in total. The van der Waals surface area contributed by atoms with E-state index >= 15 is 0 Å². The molecule has 0 fully saturated rings. The Hall–Kier alpha value is -2.38. The molecule has 0 bridgehead atoms. The molecule has 1 aromatic carbocycles. The third-order valence-electron chi connectivity index (χ3n) is 2.55. The zero-order chi connectivity index (χ0) is 15.3. The van der Waals surface area contributed by atoms with Crippen LogP contribution in [-0.4, -0.2) is 21.7 Å². The molecule has 0 aliphatic carbocycles.